The fourth-order valence-electron chi connectivity index (χ4n) is 3.83. The molecule has 2 aliphatic rings. The Morgan fingerprint density at radius 1 is 1.21 bits per heavy atom. The number of carbonyl (C=O) groups is 1. The maximum Gasteiger partial charge on any atom is 0.237 e. The van der Waals surface area contributed by atoms with Crippen LogP contribution in [0.15, 0.2) is 24.3 Å². The Morgan fingerprint density at radius 2 is 1.96 bits per heavy atom. The number of benzene rings is 1. The molecule has 132 valence electrons. The molecule has 1 N–H and O–H groups in total. The Morgan fingerprint density at radius 3 is 2.75 bits per heavy atom. The molecule has 1 amide bonds. The fourth-order valence-corrected chi connectivity index (χ4v) is 3.83. The second-order valence-electron chi connectivity index (χ2n) is 7.18. The summed E-state index contributed by atoms with van der Waals surface area (Å²) < 4.78 is 5.92. The van der Waals surface area contributed by atoms with E-state index >= 15 is 0 Å². The summed E-state index contributed by atoms with van der Waals surface area (Å²) in [6.07, 6.45) is 8.53. The molecule has 4 heteroatoms. The summed E-state index contributed by atoms with van der Waals surface area (Å²) in [6.45, 7) is 2.31. The van der Waals surface area contributed by atoms with Gasteiger partial charge in [-0.25, -0.2) is 0 Å². The summed E-state index contributed by atoms with van der Waals surface area (Å²) in [5.41, 5.74) is 2.64. The Kier molecular flexibility index (Phi) is 6.27. The SMILES string of the molecule is CN1Cc2ccccc2C[C@@H]1C(=O)NCCCOC1CCCCC1. The number of likely N-dealkylation sites (N-methyl/N-ethyl adjacent to an activating group) is 1. The van der Waals surface area contributed by atoms with Crippen LogP contribution < -0.4 is 5.32 Å². The molecule has 1 aliphatic carbocycles. The molecular weight excluding hydrogens is 300 g/mol. The van der Waals surface area contributed by atoms with E-state index in [9.17, 15) is 4.79 Å². The van der Waals surface area contributed by atoms with Crippen molar-refractivity contribution in [2.45, 2.75) is 63.6 Å². The van der Waals surface area contributed by atoms with Crippen LogP contribution in [0, 0.1) is 0 Å². The first-order valence-corrected chi connectivity index (χ1v) is 9.40. The number of nitrogens with one attached hydrogen (secondary N) is 1. The van der Waals surface area contributed by atoms with E-state index in [1.54, 1.807) is 0 Å². The average molecular weight is 330 g/mol. The number of ether oxygens (including phenoxy) is 1. The normalized spacial score (nSPS) is 22.1. The lowest BCUT2D eigenvalue weighted by molar-refractivity contribution is -0.126. The standard InChI is InChI=1S/C20H30N2O2/c1-22-15-17-9-6-5-8-16(17)14-19(22)20(23)21-12-7-13-24-18-10-3-2-4-11-18/h5-6,8-9,18-19H,2-4,7,10-15H2,1H3,(H,21,23)/t19-/m1/s1. The number of fused-ring (bicyclic) bond motifs is 1. The van der Waals surface area contributed by atoms with E-state index in [4.69, 9.17) is 4.74 Å². The van der Waals surface area contributed by atoms with Crippen molar-refractivity contribution >= 4 is 5.91 Å². The van der Waals surface area contributed by atoms with Gasteiger partial charge in [0.15, 0.2) is 0 Å². The average Bonchev–Trinajstić information content (AvgIpc) is 2.61. The van der Waals surface area contributed by atoms with E-state index in [2.05, 4.69) is 34.5 Å². The van der Waals surface area contributed by atoms with E-state index in [1.807, 2.05) is 7.05 Å². The van der Waals surface area contributed by atoms with Crippen molar-refractivity contribution in [2.75, 3.05) is 20.2 Å². The van der Waals surface area contributed by atoms with Crippen molar-refractivity contribution in [2.24, 2.45) is 0 Å². The highest BCUT2D eigenvalue weighted by atomic mass is 16.5. The Labute approximate surface area is 145 Å². The van der Waals surface area contributed by atoms with Crippen LogP contribution in [0.3, 0.4) is 0 Å². The van der Waals surface area contributed by atoms with Crippen molar-refractivity contribution < 1.29 is 9.53 Å². The molecule has 0 radical (unpaired) electrons. The number of rotatable bonds is 6. The molecular formula is C20H30N2O2. The molecule has 1 aliphatic heterocycles. The molecule has 0 bridgehead atoms. The molecule has 1 saturated carbocycles. The molecule has 0 unspecified atom stereocenters. The second-order valence-corrected chi connectivity index (χ2v) is 7.18. The molecule has 1 atom stereocenters. The van der Waals surface area contributed by atoms with Crippen molar-refractivity contribution in [1.82, 2.24) is 10.2 Å². The van der Waals surface area contributed by atoms with E-state index < -0.39 is 0 Å². The molecule has 1 heterocycles. The van der Waals surface area contributed by atoms with Crippen molar-refractivity contribution in [3.63, 3.8) is 0 Å². The van der Waals surface area contributed by atoms with Crippen LogP contribution in [-0.2, 0) is 22.5 Å². The monoisotopic (exact) mass is 330 g/mol. The minimum atomic E-state index is -0.0563. The lowest BCUT2D eigenvalue weighted by Gasteiger charge is -2.33. The second kappa shape index (κ2) is 8.63. The molecule has 1 fully saturated rings. The number of amides is 1. The molecule has 0 aromatic heterocycles. The van der Waals surface area contributed by atoms with Crippen LogP contribution >= 0.6 is 0 Å². The lowest BCUT2D eigenvalue weighted by atomic mass is 9.94. The van der Waals surface area contributed by atoms with E-state index in [1.165, 1.54) is 43.2 Å². The summed E-state index contributed by atoms with van der Waals surface area (Å²) in [7, 11) is 2.03. The molecule has 3 rings (SSSR count). The largest absolute Gasteiger partial charge is 0.378 e. The Hall–Kier alpha value is -1.39. The molecule has 1 aromatic carbocycles. The highest BCUT2D eigenvalue weighted by Crippen LogP contribution is 2.22. The van der Waals surface area contributed by atoms with Crippen LogP contribution in [0.4, 0.5) is 0 Å². The Bertz CT molecular complexity index is 540. The van der Waals surface area contributed by atoms with E-state index in [0.29, 0.717) is 12.6 Å². The van der Waals surface area contributed by atoms with Gasteiger partial charge in [-0.3, -0.25) is 9.69 Å². The number of hydrogen-bond acceptors (Lipinski definition) is 3. The van der Waals surface area contributed by atoms with Gasteiger partial charge in [0, 0.05) is 19.7 Å². The molecule has 24 heavy (non-hydrogen) atoms. The summed E-state index contributed by atoms with van der Waals surface area (Å²) in [6, 6.07) is 8.36. The number of hydrogen-bond donors (Lipinski definition) is 1. The van der Waals surface area contributed by atoms with Gasteiger partial charge in [-0.05, 0) is 43.9 Å². The predicted molar refractivity (Wildman–Crippen MR) is 95.9 cm³/mol. The third-order valence-electron chi connectivity index (χ3n) is 5.31. The summed E-state index contributed by atoms with van der Waals surface area (Å²) in [5, 5.41) is 3.09. The maximum absolute atomic E-state index is 12.5. The van der Waals surface area contributed by atoms with Gasteiger partial charge in [-0.15, -0.1) is 0 Å². The number of carbonyl (C=O) groups excluding carboxylic acids is 1. The van der Waals surface area contributed by atoms with E-state index in [-0.39, 0.29) is 11.9 Å². The quantitative estimate of drug-likeness (QED) is 0.816. The zero-order chi connectivity index (χ0) is 16.8. The Balaban J connectivity index is 1.37. The minimum Gasteiger partial charge on any atom is -0.378 e. The van der Waals surface area contributed by atoms with Crippen molar-refractivity contribution in [3.05, 3.63) is 35.4 Å². The van der Waals surface area contributed by atoms with Gasteiger partial charge in [0.1, 0.15) is 0 Å². The molecule has 0 spiro atoms. The van der Waals surface area contributed by atoms with Gasteiger partial charge in [0.2, 0.25) is 5.91 Å². The van der Waals surface area contributed by atoms with Gasteiger partial charge in [-0.2, -0.15) is 0 Å². The molecule has 4 nitrogen and oxygen atoms in total. The van der Waals surface area contributed by atoms with Crippen molar-refractivity contribution in [3.8, 4) is 0 Å². The fraction of sp³-hybridized carbons (Fsp3) is 0.650. The van der Waals surface area contributed by atoms with Crippen LogP contribution in [-0.4, -0.2) is 43.2 Å². The highest BCUT2D eigenvalue weighted by molar-refractivity contribution is 5.82. The highest BCUT2D eigenvalue weighted by Gasteiger charge is 2.28. The predicted octanol–water partition coefficient (Wildman–Crippen LogP) is 2.90. The van der Waals surface area contributed by atoms with Gasteiger partial charge in [-0.1, -0.05) is 43.5 Å². The minimum absolute atomic E-state index is 0.0563. The number of nitrogens with zero attached hydrogens (tertiary/aromatic N) is 1. The summed E-state index contributed by atoms with van der Waals surface area (Å²) in [4.78, 5) is 14.6. The molecule has 0 saturated heterocycles. The van der Waals surface area contributed by atoms with Gasteiger partial charge < -0.3 is 10.1 Å². The van der Waals surface area contributed by atoms with Gasteiger partial charge in [0.05, 0.1) is 12.1 Å². The molecule has 1 aromatic rings. The first-order chi connectivity index (χ1) is 11.7. The van der Waals surface area contributed by atoms with Crippen LogP contribution in [0.1, 0.15) is 49.7 Å². The van der Waals surface area contributed by atoms with Crippen molar-refractivity contribution in [1.29, 1.82) is 0 Å². The maximum atomic E-state index is 12.5. The van der Waals surface area contributed by atoms with Crippen LogP contribution in [0.2, 0.25) is 0 Å². The van der Waals surface area contributed by atoms with Crippen LogP contribution in [0.25, 0.3) is 0 Å². The first kappa shape index (κ1) is 17.4. The van der Waals surface area contributed by atoms with Gasteiger partial charge >= 0.3 is 0 Å². The lowest BCUT2D eigenvalue weighted by Crippen LogP contribution is -2.48. The zero-order valence-electron chi connectivity index (χ0n) is 14.8. The first-order valence-electron chi connectivity index (χ1n) is 9.40. The third-order valence-corrected chi connectivity index (χ3v) is 5.31. The van der Waals surface area contributed by atoms with Gasteiger partial charge in [0.25, 0.3) is 0 Å². The summed E-state index contributed by atoms with van der Waals surface area (Å²) in [5.74, 6) is 0.143. The smallest absolute Gasteiger partial charge is 0.237 e. The third kappa shape index (κ3) is 4.58. The van der Waals surface area contributed by atoms with Crippen LogP contribution in [0.5, 0.6) is 0 Å². The zero-order valence-corrected chi connectivity index (χ0v) is 14.8. The summed E-state index contributed by atoms with van der Waals surface area (Å²) >= 11 is 0. The topological polar surface area (TPSA) is 41.6 Å². The van der Waals surface area contributed by atoms with E-state index in [0.717, 1.165) is 26.0 Å².